The number of nitrogens with zero attached hydrogens (tertiary/aromatic N) is 1. The standard InChI is InChI=1S/C20H40N2O3/c1-6-8-9-10-11-12-13-14-15-16-18(23)21-20(17-7-2,19(24)25)22(3,4)5/h6-17H2,1-5H3,(H-,21,23,24,25)/p+1. The van der Waals surface area contributed by atoms with Crippen LogP contribution in [0.1, 0.15) is 90.9 Å². The van der Waals surface area contributed by atoms with Crippen LogP contribution >= 0.6 is 0 Å². The lowest BCUT2D eigenvalue weighted by Gasteiger charge is -2.43. The van der Waals surface area contributed by atoms with Gasteiger partial charge in [0.05, 0.1) is 21.1 Å². The Labute approximate surface area is 154 Å². The van der Waals surface area contributed by atoms with Crippen molar-refractivity contribution in [2.24, 2.45) is 0 Å². The Bertz CT molecular complexity index is 391. The van der Waals surface area contributed by atoms with Gasteiger partial charge in [0, 0.05) is 12.8 Å². The van der Waals surface area contributed by atoms with Crippen molar-refractivity contribution < 1.29 is 19.2 Å². The van der Waals surface area contributed by atoms with Crippen molar-refractivity contribution in [3.05, 3.63) is 0 Å². The van der Waals surface area contributed by atoms with E-state index < -0.39 is 11.6 Å². The minimum Gasteiger partial charge on any atom is -0.475 e. The number of hydrogen-bond donors (Lipinski definition) is 2. The van der Waals surface area contributed by atoms with Gasteiger partial charge in [0.2, 0.25) is 5.91 Å². The average Bonchev–Trinajstić information content (AvgIpc) is 2.51. The summed E-state index contributed by atoms with van der Waals surface area (Å²) in [5.41, 5.74) is -1.24. The fourth-order valence-electron chi connectivity index (χ4n) is 3.26. The second kappa shape index (κ2) is 12.3. The fourth-order valence-corrected chi connectivity index (χ4v) is 3.26. The molecule has 1 unspecified atom stereocenters. The average molecular weight is 358 g/mol. The summed E-state index contributed by atoms with van der Waals surface area (Å²) in [7, 11) is 5.47. The topological polar surface area (TPSA) is 66.4 Å². The third-order valence-electron chi connectivity index (χ3n) is 4.96. The predicted octanol–water partition coefficient (Wildman–Crippen LogP) is 4.31. The van der Waals surface area contributed by atoms with Gasteiger partial charge < -0.3 is 5.11 Å². The summed E-state index contributed by atoms with van der Waals surface area (Å²) in [5, 5.41) is 12.6. The van der Waals surface area contributed by atoms with Gasteiger partial charge in [-0.15, -0.1) is 0 Å². The first-order valence-corrected chi connectivity index (χ1v) is 10.1. The second-order valence-corrected chi connectivity index (χ2v) is 8.05. The number of nitrogens with one attached hydrogen (secondary N) is 1. The van der Waals surface area contributed by atoms with Gasteiger partial charge in [-0.05, 0) is 12.8 Å². The van der Waals surface area contributed by atoms with Crippen molar-refractivity contribution in [1.29, 1.82) is 0 Å². The van der Waals surface area contributed by atoms with Crippen molar-refractivity contribution in [1.82, 2.24) is 5.32 Å². The third-order valence-corrected chi connectivity index (χ3v) is 4.96. The highest BCUT2D eigenvalue weighted by molar-refractivity contribution is 5.85. The van der Waals surface area contributed by atoms with Crippen LogP contribution in [0, 0.1) is 0 Å². The van der Waals surface area contributed by atoms with E-state index in [1.165, 1.54) is 38.5 Å². The van der Waals surface area contributed by atoms with Crippen LogP contribution in [-0.2, 0) is 9.59 Å². The van der Waals surface area contributed by atoms with Gasteiger partial charge >= 0.3 is 5.97 Å². The number of quaternary nitrogens is 1. The maximum absolute atomic E-state index is 12.3. The van der Waals surface area contributed by atoms with E-state index in [0.29, 0.717) is 19.3 Å². The molecule has 1 amide bonds. The van der Waals surface area contributed by atoms with Crippen LogP contribution in [0.5, 0.6) is 0 Å². The van der Waals surface area contributed by atoms with E-state index >= 15 is 0 Å². The molecule has 148 valence electrons. The molecule has 0 aliphatic heterocycles. The number of rotatable bonds is 15. The van der Waals surface area contributed by atoms with E-state index in [4.69, 9.17) is 0 Å². The number of carbonyl (C=O) groups excluding carboxylic acids is 1. The minimum absolute atomic E-state index is 0.146. The normalized spacial score (nSPS) is 14.1. The molecule has 0 bridgehead atoms. The van der Waals surface area contributed by atoms with Crippen LogP contribution in [0.25, 0.3) is 0 Å². The van der Waals surface area contributed by atoms with Crippen molar-refractivity contribution in [3.8, 4) is 0 Å². The number of carboxylic acids is 1. The Balaban J connectivity index is 4.22. The fraction of sp³-hybridized carbons (Fsp3) is 0.900. The summed E-state index contributed by atoms with van der Waals surface area (Å²) in [5.74, 6) is -1.10. The highest BCUT2D eigenvalue weighted by atomic mass is 16.4. The number of carbonyl (C=O) groups is 2. The van der Waals surface area contributed by atoms with Crippen LogP contribution in [0.3, 0.4) is 0 Å². The summed E-state index contributed by atoms with van der Waals surface area (Å²) < 4.78 is 0.180. The maximum atomic E-state index is 12.3. The van der Waals surface area contributed by atoms with Gasteiger partial charge in [-0.25, -0.2) is 4.79 Å². The van der Waals surface area contributed by atoms with E-state index in [1.54, 1.807) is 0 Å². The molecule has 0 radical (unpaired) electrons. The molecule has 5 heteroatoms. The number of aliphatic carboxylic acids is 1. The largest absolute Gasteiger partial charge is 0.475 e. The Hall–Kier alpha value is -1.10. The smallest absolute Gasteiger partial charge is 0.388 e. The summed E-state index contributed by atoms with van der Waals surface area (Å²) in [6, 6.07) is 0. The van der Waals surface area contributed by atoms with Crippen LogP contribution in [-0.4, -0.2) is 48.3 Å². The minimum atomic E-state index is -1.24. The first-order chi connectivity index (χ1) is 11.7. The van der Waals surface area contributed by atoms with E-state index in [0.717, 1.165) is 19.3 Å². The monoisotopic (exact) mass is 357 g/mol. The number of amides is 1. The van der Waals surface area contributed by atoms with Gasteiger partial charge in [0.25, 0.3) is 5.66 Å². The molecule has 25 heavy (non-hydrogen) atoms. The van der Waals surface area contributed by atoms with Crippen LogP contribution < -0.4 is 5.32 Å². The lowest BCUT2D eigenvalue weighted by atomic mass is 9.99. The van der Waals surface area contributed by atoms with Gasteiger partial charge in [-0.3, -0.25) is 14.6 Å². The zero-order valence-electron chi connectivity index (χ0n) is 17.2. The van der Waals surface area contributed by atoms with Gasteiger partial charge in [0.1, 0.15) is 0 Å². The molecule has 0 aliphatic rings. The molecule has 5 nitrogen and oxygen atoms in total. The highest BCUT2D eigenvalue weighted by Crippen LogP contribution is 2.23. The van der Waals surface area contributed by atoms with Crippen molar-refractivity contribution >= 4 is 11.9 Å². The Morgan fingerprint density at radius 2 is 1.32 bits per heavy atom. The quantitative estimate of drug-likeness (QED) is 0.261. The zero-order chi connectivity index (χ0) is 19.3. The predicted molar refractivity (Wildman–Crippen MR) is 103 cm³/mol. The molecule has 0 aliphatic carbocycles. The number of hydrogen-bond acceptors (Lipinski definition) is 2. The summed E-state index contributed by atoms with van der Waals surface area (Å²) in [6.45, 7) is 4.17. The molecule has 0 aromatic heterocycles. The summed E-state index contributed by atoms with van der Waals surface area (Å²) >= 11 is 0. The molecule has 0 aromatic carbocycles. The molecule has 1 atom stereocenters. The highest BCUT2D eigenvalue weighted by Gasteiger charge is 2.51. The lowest BCUT2D eigenvalue weighted by molar-refractivity contribution is -0.917. The summed E-state index contributed by atoms with van der Waals surface area (Å²) in [6.07, 6.45) is 12.4. The van der Waals surface area contributed by atoms with Gasteiger partial charge in [-0.2, -0.15) is 0 Å². The Morgan fingerprint density at radius 1 is 0.840 bits per heavy atom. The van der Waals surface area contributed by atoms with Crippen molar-refractivity contribution in [3.63, 3.8) is 0 Å². The Morgan fingerprint density at radius 3 is 1.72 bits per heavy atom. The second-order valence-electron chi connectivity index (χ2n) is 8.05. The van der Waals surface area contributed by atoms with Gasteiger partial charge in [-0.1, -0.05) is 65.2 Å². The SMILES string of the molecule is CCCCCCCCCCCC(=O)NC(CCC)(C(=O)O)[N+](C)(C)C. The van der Waals surface area contributed by atoms with E-state index in [-0.39, 0.29) is 10.4 Å². The molecule has 0 aromatic rings. The van der Waals surface area contributed by atoms with E-state index in [1.807, 2.05) is 28.1 Å². The molecule has 0 saturated heterocycles. The third kappa shape index (κ3) is 8.70. The van der Waals surface area contributed by atoms with Crippen molar-refractivity contribution in [2.45, 2.75) is 96.6 Å². The number of unbranched alkanes of at least 4 members (excludes halogenated alkanes) is 8. The molecule has 2 N–H and O–H groups in total. The lowest BCUT2D eigenvalue weighted by Crippen LogP contribution is -2.71. The molecule has 0 rings (SSSR count). The Kier molecular flexibility index (Phi) is 11.7. The van der Waals surface area contributed by atoms with Gasteiger partial charge in [0.15, 0.2) is 0 Å². The van der Waals surface area contributed by atoms with Crippen molar-refractivity contribution in [2.75, 3.05) is 21.1 Å². The zero-order valence-corrected chi connectivity index (χ0v) is 17.2. The molecular formula is C20H41N2O3+. The maximum Gasteiger partial charge on any atom is 0.388 e. The van der Waals surface area contributed by atoms with E-state index in [9.17, 15) is 14.7 Å². The van der Waals surface area contributed by atoms with Crippen LogP contribution in [0.4, 0.5) is 0 Å². The molecule has 0 fully saturated rings. The summed E-state index contributed by atoms with van der Waals surface area (Å²) in [4.78, 5) is 24.2. The molecule has 0 spiro atoms. The molecular weight excluding hydrogens is 316 g/mol. The first-order valence-electron chi connectivity index (χ1n) is 10.1. The molecule has 0 heterocycles. The van der Waals surface area contributed by atoms with Crippen LogP contribution in [0.2, 0.25) is 0 Å². The van der Waals surface area contributed by atoms with E-state index in [2.05, 4.69) is 12.2 Å². The molecule has 0 saturated carbocycles. The first kappa shape index (κ1) is 23.9. The number of carboxylic acid groups (broad SMARTS) is 1. The van der Waals surface area contributed by atoms with Crippen LogP contribution in [0.15, 0.2) is 0 Å². The number of likely N-dealkylation sites (N-methyl/N-ethyl adjacent to an activating group) is 1.